The molecule has 1 N–H and O–H groups in total. The first-order chi connectivity index (χ1) is 11.1. The van der Waals surface area contributed by atoms with Crippen LogP contribution in [-0.4, -0.2) is 37.4 Å². The number of rotatable bonds is 6. The highest BCUT2D eigenvalue weighted by molar-refractivity contribution is 5.85. The molecule has 1 aromatic carbocycles. The van der Waals surface area contributed by atoms with Gasteiger partial charge in [0.2, 0.25) is 0 Å². The molecule has 0 unspecified atom stereocenters. The smallest absolute Gasteiger partial charge is 0.395 e. The Labute approximate surface area is 147 Å². The lowest BCUT2D eigenvalue weighted by Gasteiger charge is -2.35. The Kier molecular flexibility index (Phi) is 6.66. The normalized spacial score (nSPS) is 20.5. The molecule has 2 aliphatic rings. The minimum atomic E-state index is -3.56. The molecule has 0 amide bonds. The molecule has 4 nitrogen and oxygen atoms in total. The minimum Gasteiger partial charge on any atom is -0.395 e. The number of hydrogen-bond donors (Lipinski definition) is 1. The van der Waals surface area contributed by atoms with Gasteiger partial charge in [0.1, 0.15) is 0 Å². The quantitative estimate of drug-likeness (QED) is 0.777. The van der Waals surface area contributed by atoms with E-state index in [1.807, 2.05) is 6.07 Å². The lowest BCUT2D eigenvalue weighted by Crippen LogP contribution is -2.45. The molecular formula is C17H25ClF2N2O2. The van der Waals surface area contributed by atoms with Gasteiger partial charge in [0.05, 0.1) is 0 Å². The fourth-order valence-electron chi connectivity index (χ4n) is 3.37. The largest absolute Gasteiger partial charge is 0.586 e. The number of nitrogens with zero attached hydrogens (tertiary/aromatic N) is 1. The lowest BCUT2D eigenvalue weighted by atomic mass is 9.97. The monoisotopic (exact) mass is 362 g/mol. The number of halogens is 3. The number of alkyl halides is 2. The summed E-state index contributed by atoms with van der Waals surface area (Å²) in [6, 6.07) is 5.30. The van der Waals surface area contributed by atoms with E-state index in [4.69, 9.17) is 4.74 Å². The Balaban J connectivity index is 0.00000208. The molecule has 0 aromatic heterocycles. The summed E-state index contributed by atoms with van der Waals surface area (Å²) < 4.78 is 36.3. The Morgan fingerprint density at radius 2 is 1.96 bits per heavy atom. The molecule has 1 fully saturated rings. The summed E-state index contributed by atoms with van der Waals surface area (Å²) in [7, 11) is 0. The number of benzene rings is 1. The van der Waals surface area contributed by atoms with Crippen LogP contribution >= 0.6 is 12.4 Å². The van der Waals surface area contributed by atoms with Crippen LogP contribution in [0.25, 0.3) is 0 Å². The minimum absolute atomic E-state index is 0. The van der Waals surface area contributed by atoms with Crippen molar-refractivity contribution in [3.63, 3.8) is 0 Å². The fraction of sp³-hybridized carbons (Fsp3) is 0.647. The van der Waals surface area contributed by atoms with Crippen LogP contribution in [0.2, 0.25) is 0 Å². The van der Waals surface area contributed by atoms with Crippen molar-refractivity contribution < 1.29 is 18.3 Å². The second-order valence-corrected chi connectivity index (χ2v) is 6.14. The number of fused-ring (bicyclic) bond motifs is 1. The third-order valence-corrected chi connectivity index (χ3v) is 4.49. The fourth-order valence-corrected chi connectivity index (χ4v) is 3.37. The van der Waals surface area contributed by atoms with Crippen LogP contribution in [-0.2, 0) is 0 Å². The van der Waals surface area contributed by atoms with E-state index in [2.05, 4.69) is 21.9 Å². The average molecular weight is 363 g/mol. The van der Waals surface area contributed by atoms with Gasteiger partial charge in [0.15, 0.2) is 11.5 Å². The summed E-state index contributed by atoms with van der Waals surface area (Å²) in [5.74, 6) is 0.348. The van der Waals surface area contributed by atoms with E-state index in [0.717, 1.165) is 57.4 Å². The molecule has 1 aromatic rings. The van der Waals surface area contributed by atoms with Crippen molar-refractivity contribution in [2.75, 3.05) is 26.2 Å². The number of para-hydroxylation sites is 1. The second-order valence-electron chi connectivity index (χ2n) is 6.14. The topological polar surface area (TPSA) is 33.7 Å². The highest BCUT2D eigenvalue weighted by Gasteiger charge is 2.45. The molecule has 0 spiro atoms. The Bertz CT molecular complexity index is 539. The summed E-state index contributed by atoms with van der Waals surface area (Å²) in [4.78, 5) is 2.36. The van der Waals surface area contributed by atoms with E-state index in [-0.39, 0.29) is 29.9 Å². The van der Waals surface area contributed by atoms with Crippen LogP contribution in [0.4, 0.5) is 8.78 Å². The third-order valence-electron chi connectivity index (χ3n) is 4.49. The highest BCUT2D eigenvalue weighted by atomic mass is 35.5. The summed E-state index contributed by atoms with van der Waals surface area (Å²) in [6.07, 6.45) is 0.741. The van der Waals surface area contributed by atoms with Crippen LogP contribution in [0.1, 0.15) is 44.2 Å². The van der Waals surface area contributed by atoms with Crippen molar-refractivity contribution in [1.29, 1.82) is 0 Å². The summed E-state index contributed by atoms with van der Waals surface area (Å²) in [6.45, 7) is 5.84. The maximum absolute atomic E-state index is 13.5. The molecule has 0 saturated carbocycles. The molecular weight excluding hydrogens is 338 g/mol. The molecule has 7 heteroatoms. The molecule has 136 valence electrons. The Morgan fingerprint density at radius 1 is 1.21 bits per heavy atom. The van der Waals surface area contributed by atoms with E-state index in [1.54, 1.807) is 12.1 Å². The molecule has 24 heavy (non-hydrogen) atoms. The molecule has 0 bridgehead atoms. The van der Waals surface area contributed by atoms with Gasteiger partial charge in [-0.2, -0.15) is 0 Å². The van der Waals surface area contributed by atoms with Gasteiger partial charge in [-0.25, -0.2) is 0 Å². The molecule has 0 aliphatic carbocycles. The standard InChI is InChI=1S/C17H24F2N2O2.ClH/c1-2-3-4-7-14(21-11-9-20-10-12-21)13-6-5-8-15-16(13)23-17(18,19)22-15;/h5-6,8,14,20H,2-4,7,9-12H2,1H3;1H/t14-;/m0./s1. The van der Waals surface area contributed by atoms with E-state index in [1.165, 1.54) is 0 Å². The van der Waals surface area contributed by atoms with E-state index in [9.17, 15) is 8.78 Å². The highest BCUT2D eigenvalue weighted by Crippen LogP contribution is 2.47. The number of ether oxygens (including phenoxy) is 2. The van der Waals surface area contributed by atoms with Crippen LogP contribution in [0.15, 0.2) is 18.2 Å². The third kappa shape index (κ3) is 4.29. The van der Waals surface area contributed by atoms with Crippen LogP contribution in [0, 0.1) is 0 Å². The number of hydrogen-bond acceptors (Lipinski definition) is 4. The first-order valence-electron chi connectivity index (χ1n) is 8.44. The van der Waals surface area contributed by atoms with E-state index < -0.39 is 6.29 Å². The Morgan fingerprint density at radius 3 is 2.67 bits per heavy atom. The molecule has 0 radical (unpaired) electrons. The van der Waals surface area contributed by atoms with Crippen molar-refractivity contribution in [1.82, 2.24) is 10.2 Å². The summed E-state index contributed by atoms with van der Waals surface area (Å²) in [5.41, 5.74) is 0.817. The van der Waals surface area contributed by atoms with Gasteiger partial charge in [0, 0.05) is 37.8 Å². The first kappa shape index (κ1) is 19.2. The summed E-state index contributed by atoms with van der Waals surface area (Å²) in [5, 5.41) is 3.34. The van der Waals surface area contributed by atoms with Gasteiger partial charge >= 0.3 is 6.29 Å². The van der Waals surface area contributed by atoms with Crippen molar-refractivity contribution in [2.24, 2.45) is 0 Å². The van der Waals surface area contributed by atoms with E-state index >= 15 is 0 Å². The SMILES string of the molecule is CCCCC[C@@H](c1cccc2c1OC(F)(F)O2)N1CCNCC1.Cl. The molecule has 1 saturated heterocycles. The maximum atomic E-state index is 13.5. The summed E-state index contributed by atoms with van der Waals surface area (Å²) >= 11 is 0. The van der Waals surface area contributed by atoms with Crippen molar-refractivity contribution >= 4 is 12.4 Å². The van der Waals surface area contributed by atoms with Gasteiger partial charge in [0.25, 0.3) is 0 Å². The molecule has 2 aliphatic heterocycles. The number of unbranched alkanes of at least 4 members (excludes halogenated alkanes) is 2. The van der Waals surface area contributed by atoms with Crippen molar-refractivity contribution in [3.05, 3.63) is 23.8 Å². The predicted octanol–water partition coefficient (Wildman–Crippen LogP) is 3.96. The van der Waals surface area contributed by atoms with Crippen molar-refractivity contribution in [3.8, 4) is 11.5 Å². The molecule has 2 heterocycles. The van der Waals surface area contributed by atoms with Crippen LogP contribution in [0.3, 0.4) is 0 Å². The zero-order chi connectivity index (χ0) is 16.3. The molecule has 1 atom stereocenters. The number of piperazine rings is 1. The predicted molar refractivity (Wildman–Crippen MR) is 91.2 cm³/mol. The maximum Gasteiger partial charge on any atom is 0.586 e. The van der Waals surface area contributed by atoms with Gasteiger partial charge in [-0.05, 0) is 12.5 Å². The van der Waals surface area contributed by atoms with Crippen LogP contribution < -0.4 is 14.8 Å². The lowest BCUT2D eigenvalue weighted by molar-refractivity contribution is -0.287. The number of nitrogens with one attached hydrogen (secondary N) is 1. The molecule has 3 rings (SSSR count). The average Bonchev–Trinajstić information content (AvgIpc) is 2.86. The van der Waals surface area contributed by atoms with Gasteiger partial charge in [-0.15, -0.1) is 21.2 Å². The van der Waals surface area contributed by atoms with Gasteiger partial charge in [-0.1, -0.05) is 38.3 Å². The zero-order valence-electron chi connectivity index (χ0n) is 13.9. The van der Waals surface area contributed by atoms with Gasteiger partial charge in [-0.3, -0.25) is 4.90 Å². The van der Waals surface area contributed by atoms with E-state index in [0.29, 0.717) is 0 Å². The van der Waals surface area contributed by atoms with Crippen molar-refractivity contribution in [2.45, 2.75) is 44.9 Å². The van der Waals surface area contributed by atoms with Crippen LogP contribution in [0.5, 0.6) is 11.5 Å². The first-order valence-corrected chi connectivity index (χ1v) is 8.44. The zero-order valence-corrected chi connectivity index (χ0v) is 14.7. The van der Waals surface area contributed by atoms with Gasteiger partial charge < -0.3 is 14.8 Å². The second kappa shape index (κ2) is 8.32. The Hall–Kier alpha value is -1.11.